The first-order valence-electron chi connectivity index (χ1n) is 12.3. The summed E-state index contributed by atoms with van der Waals surface area (Å²) in [5.41, 5.74) is 3.81. The standard InChI is InChI=1S/C28H33N5O3/c1-20-24(18-21-10-12-23(13-11-21)33(35)36)27(30-26(29-20)22-8-6-5-7-9-22)32-16-14-31(15-17-32)25(34)19-28(2,3)4/h5-13H,14-19H2,1-4H3. The maximum absolute atomic E-state index is 12.8. The van der Waals surface area contributed by atoms with E-state index in [-0.39, 0.29) is 17.0 Å². The normalized spacial score (nSPS) is 14.1. The second-order valence-corrected chi connectivity index (χ2v) is 10.5. The summed E-state index contributed by atoms with van der Waals surface area (Å²) in [5.74, 6) is 1.72. The van der Waals surface area contributed by atoms with Gasteiger partial charge < -0.3 is 9.80 Å². The summed E-state index contributed by atoms with van der Waals surface area (Å²) in [7, 11) is 0. The Labute approximate surface area is 212 Å². The van der Waals surface area contributed by atoms with Gasteiger partial charge in [-0.1, -0.05) is 63.2 Å². The van der Waals surface area contributed by atoms with Crippen LogP contribution in [0.4, 0.5) is 11.5 Å². The summed E-state index contributed by atoms with van der Waals surface area (Å²) in [6.45, 7) is 10.9. The number of benzene rings is 2. The van der Waals surface area contributed by atoms with E-state index in [4.69, 9.17) is 9.97 Å². The Morgan fingerprint density at radius 1 is 0.972 bits per heavy atom. The van der Waals surface area contributed by atoms with E-state index in [0.717, 1.165) is 28.2 Å². The minimum absolute atomic E-state index is 0.0412. The van der Waals surface area contributed by atoms with Gasteiger partial charge in [0, 0.05) is 68.0 Å². The van der Waals surface area contributed by atoms with E-state index in [1.165, 1.54) is 12.1 Å². The van der Waals surface area contributed by atoms with Gasteiger partial charge in [-0.2, -0.15) is 0 Å². The maximum Gasteiger partial charge on any atom is 0.269 e. The summed E-state index contributed by atoms with van der Waals surface area (Å²) in [6.07, 6.45) is 1.10. The van der Waals surface area contributed by atoms with Crippen LogP contribution in [-0.4, -0.2) is 51.9 Å². The molecule has 0 N–H and O–H groups in total. The third kappa shape index (κ3) is 6.05. The summed E-state index contributed by atoms with van der Waals surface area (Å²) >= 11 is 0. The highest BCUT2D eigenvalue weighted by Crippen LogP contribution is 2.29. The fourth-order valence-electron chi connectivity index (χ4n) is 4.44. The van der Waals surface area contributed by atoms with Crippen molar-refractivity contribution in [2.24, 2.45) is 5.41 Å². The van der Waals surface area contributed by atoms with Crippen molar-refractivity contribution in [1.82, 2.24) is 14.9 Å². The average molecular weight is 488 g/mol. The number of non-ortho nitro benzene ring substituents is 1. The summed E-state index contributed by atoms with van der Waals surface area (Å²) in [4.78, 5) is 37.4. The van der Waals surface area contributed by atoms with Crippen LogP contribution in [0.2, 0.25) is 0 Å². The zero-order valence-electron chi connectivity index (χ0n) is 21.4. The van der Waals surface area contributed by atoms with Crippen molar-refractivity contribution in [3.8, 4) is 11.4 Å². The number of anilines is 1. The molecule has 8 nitrogen and oxygen atoms in total. The molecular formula is C28H33N5O3. The molecular weight excluding hydrogens is 454 g/mol. The fourth-order valence-corrected chi connectivity index (χ4v) is 4.44. The SMILES string of the molecule is Cc1nc(-c2ccccc2)nc(N2CCN(C(=O)CC(C)(C)C)CC2)c1Cc1ccc([N+](=O)[O-])cc1. The number of nitro benzene ring substituents is 1. The van der Waals surface area contributed by atoms with Gasteiger partial charge in [-0.25, -0.2) is 9.97 Å². The highest BCUT2D eigenvalue weighted by Gasteiger charge is 2.27. The zero-order valence-corrected chi connectivity index (χ0v) is 21.4. The molecule has 4 rings (SSSR count). The van der Waals surface area contributed by atoms with Gasteiger partial charge >= 0.3 is 0 Å². The molecule has 8 heteroatoms. The monoisotopic (exact) mass is 487 g/mol. The molecule has 0 saturated carbocycles. The van der Waals surface area contributed by atoms with Crippen LogP contribution in [0.25, 0.3) is 11.4 Å². The first-order valence-corrected chi connectivity index (χ1v) is 12.3. The van der Waals surface area contributed by atoms with Gasteiger partial charge in [0.2, 0.25) is 5.91 Å². The number of nitro groups is 1. The lowest BCUT2D eigenvalue weighted by molar-refractivity contribution is -0.384. The molecule has 1 aliphatic rings. The second kappa shape index (κ2) is 10.4. The van der Waals surface area contributed by atoms with Gasteiger partial charge in [0.1, 0.15) is 5.82 Å². The predicted molar refractivity (Wildman–Crippen MR) is 141 cm³/mol. The number of amides is 1. The van der Waals surface area contributed by atoms with Gasteiger partial charge in [0.15, 0.2) is 5.82 Å². The molecule has 1 fully saturated rings. The maximum atomic E-state index is 12.8. The number of aromatic nitrogens is 2. The number of rotatable bonds is 6. The molecule has 188 valence electrons. The summed E-state index contributed by atoms with van der Waals surface area (Å²) in [5, 5.41) is 11.1. The van der Waals surface area contributed by atoms with Gasteiger partial charge in [-0.15, -0.1) is 0 Å². The number of carbonyl (C=O) groups excluding carboxylic acids is 1. The van der Waals surface area contributed by atoms with Crippen molar-refractivity contribution in [2.45, 2.75) is 40.5 Å². The van der Waals surface area contributed by atoms with E-state index in [0.29, 0.717) is 44.8 Å². The number of hydrogen-bond acceptors (Lipinski definition) is 6. The van der Waals surface area contributed by atoms with Crippen LogP contribution in [0.5, 0.6) is 0 Å². The van der Waals surface area contributed by atoms with Crippen LogP contribution in [0.1, 0.15) is 44.0 Å². The van der Waals surface area contributed by atoms with Gasteiger partial charge in [-0.05, 0) is 17.9 Å². The molecule has 0 atom stereocenters. The molecule has 0 bridgehead atoms. The second-order valence-electron chi connectivity index (χ2n) is 10.5. The molecule has 0 radical (unpaired) electrons. The Morgan fingerprint density at radius 3 is 2.19 bits per heavy atom. The van der Waals surface area contributed by atoms with Crippen LogP contribution in [0.3, 0.4) is 0 Å². The highest BCUT2D eigenvalue weighted by molar-refractivity contribution is 5.77. The number of piperazine rings is 1. The minimum Gasteiger partial charge on any atom is -0.353 e. The molecule has 2 heterocycles. The van der Waals surface area contributed by atoms with Crippen molar-refractivity contribution >= 4 is 17.4 Å². The third-order valence-corrected chi connectivity index (χ3v) is 6.37. The van der Waals surface area contributed by atoms with E-state index >= 15 is 0 Å². The Bertz CT molecular complexity index is 1230. The van der Waals surface area contributed by atoms with Crippen LogP contribution >= 0.6 is 0 Å². The van der Waals surface area contributed by atoms with Crippen LogP contribution < -0.4 is 4.90 Å². The van der Waals surface area contributed by atoms with Crippen molar-refractivity contribution in [3.63, 3.8) is 0 Å². The molecule has 1 aromatic heterocycles. The lowest BCUT2D eigenvalue weighted by atomic mass is 9.91. The molecule has 1 saturated heterocycles. The van der Waals surface area contributed by atoms with E-state index in [1.807, 2.05) is 42.2 Å². The average Bonchev–Trinajstić information content (AvgIpc) is 2.85. The van der Waals surface area contributed by atoms with Crippen molar-refractivity contribution < 1.29 is 9.72 Å². The fraction of sp³-hybridized carbons (Fsp3) is 0.393. The van der Waals surface area contributed by atoms with Crippen LogP contribution in [0.15, 0.2) is 54.6 Å². The molecule has 2 aromatic carbocycles. The highest BCUT2D eigenvalue weighted by atomic mass is 16.6. The van der Waals surface area contributed by atoms with Gasteiger partial charge in [0.25, 0.3) is 5.69 Å². The Kier molecular flexibility index (Phi) is 7.33. The summed E-state index contributed by atoms with van der Waals surface area (Å²) < 4.78 is 0. The molecule has 0 unspecified atom stereocenters. The Hall–Kier alpha value is -3.81. The van der Waals surface area contributed by atoms with E-state index in [2.05, 4.69) is 25.7 Å². The lowest BCUT2D eigenvalue weighted by Gasteiger charge is -2.37. The van der Waals surface area contributed by atoms with Crippen LogP contribution in [0, 0.1) is 22.5 Å². The number of hydrogen-bond donors (Lipinski definition) is 0. The van der Waals surface area contributed by atoms with E-state index < -0.39 is 4.92 Å². The quantitative estimate of drug-likeness (QED) is 0.357. The lowest BCUT2D eigenvalue weighted by Crippen LogP contribution is -2.50. The van der Waals surface area contributed by atoms with Gasteiger partial charge in [-0.3, -0.25) is 14.9 Å². The number of nitrogens with zero attached hydrogens (tertiary/aromatic N) is 5. The largest absolute Gasteiger partial charge is 0.353 e. The van der Waals surface area contributed by atoms with E-state index in [1.54, 1.807) is 12.1 Å². The zero-order chi connectivity index (χ0) is 25.9. The first kappa shape index (κ1) is 25.3. The van der Waals surface area contributed by atoms with Crippen molar-refractivity contribution in [3.05, 3.63) is 81.5 Å². The number of aryl methyl sites for hydroxylation is 1. The number of carbonyl (C=O) groups is 1. The van der Waals surface area contributed by atoms with E-state index in [9.17, 15) is 14.9 Å². The van der Waals surface area contributed by atoms with Crippen LogP contribution in [-0.2, 0) is 11.2 Å². The molecule has 0 spiro atoms. The molecule has 0 aliphatic carbocycles. The van der Waals surface area contributed by atoms with Gasteiger partial charge in [0.05, 0.1) is 4.92 Å². The molecule has 36 heavy (non-hydrogen) atoms. The van der Waals surface area contributed by atoms with Crippen molar-refractivity contribution in [1.29, 1.82) is 0 Å². The Morgan fingerprint density at radius 2 is 1.61 bits per heavy atom. The first-order chi connectivity index (χ1) is 17.1. The molecule has 1 aliphatic heterocycles. The third-order valence-electron chi connectivity index (χ3n) is 6.37. The van der Waals surface area contributed by atoms with Crippen molar-refractivity contribution in [2.75, 3.05) is 31.1 Å². The Balaban J connectivity index is 1.63. The summed E-state index contributed by atoms with van der Waals surface area (Å²) in [6, 6.07) is 16.5. The molecule has 1 amide bonds. The topological polar surface area (TPSA) is 92.5 Å². The smallest absolute Gasteiger partial charge is 0.269 e. The molecule has 3 aromatic rings. The minimum atomic E-state index is -0.390. The predicted octanol–water partition coefficient (Wildman–Crippen LogP) is 5.04.